The smallest absolute Gasteiger partial charge is 0.213 e. The van der Waals surface area contributed by atoms with Crippen molar-refractivity contribution in [1.82, 2.24) is 15.2 Å². The Morgan fingerprint density at radius 2 is 2.00 bits per heavy atom. The molecule has 2 N–H and O–H groups in total. The maximum absolute atomic E-state index is 4.79. The number of methoxy groups -OCH3 is 1. The average molecular weight is 243 g/mol. The Hall–Kier alpha value is -1.36. The summed E-state index contributed by atoms with van der Waals surface area (Å²) in [6.45, 7) is 11.3. The van der Waals surface area contributed by atoms with E-state index < -0.39 is 0 Å². The molecule has 0 aliphatic rings. The zero-order valence-corrected chi connectivity index (χ0v) is 11.4. The lowest BCUT2D eigenvalue weighted by atomic mass is 10.5. The van der Waals surface area contributed by atoms with Crippen LogP contribution in [0.3, 0.4) is 0 Å². The number of allylic oxidation sites excluding steroid dienone is 2. The molecule has 4 nitrogen and oxygen atoms in total. The highest BCUT2D eigenvalue weighted by Gasteiger charge is 1.80. The topological polar surface area (TPSA) is 53.7 Å². The number of nitrogens with zero attached hydrogens (tertiary/aromatic N) is 1. The van der Waals surface area contributed by atoms with Gasteiger partial charge >= 0.3 is 0 Å². The van der Waals surface area contributed by atoms with Crippen LogP contribution in [-0.4, -0.2) is 22.3 Å². The molecule has 1 heterocycles. The zero-order valence-electron chi connectivity index (χ0n) is 10.6. The minimum Gasteiger partial charge on any atom is -0.497 e. The lowest BCUT2D eigenvalue weighted by Gasteiger charge is -1.93. The molecule has 92 valence electrons. The molecule has 0 aliphatic carbocycles. The number of hydrogen-bond donors (Lipinski definition) is 2. The van der Waals surface area contributed by atoms with E-state index >= 15 is 0 Å². The molecule has 5 heteroatoms. The van der Waals surface area contributed by atoms with E-state index in [4.69, 9.17) is 4.74 Å². The third-order valence-corrected chi connectivity index (χ3v) is 1.53. The van der Waals surface area contributed by atoms with Crippen molar-refractivity contribution in [3.63, 3.8) is 0 Å². The molecule has 0 saturated heterocycles. The highest BCUT2D eigenvalue weighted by Crippen LogP contribution is 1.92. The summed E-state index contributed by atoms with van der Waals surface area (Å²) in [4.78, 5) is 3.81. The van der Waals surface area contributed by atoms with Crippen LogP contribution in [0.5, 0.6) is 0 Å². The van der Waals surface area contributed by atoms with E-state index in [1.54, 1.807) is 13.2 Å². The Balaban J connectivity index is 0. The third-order valence-electron chi connectivity index (χ3n) is 1.34. The van der Waals surface area contributed by atoms with E-state index in [1.807, 2.05) is 33.8 Å². The zero-order chi connectivity index (χ0) is 13.0. The van der Waals surface area contributed by atoms with Gasteiger partial charge in [-0.3, -0.25) is 10.2 Å². The van der Waals surface area contributed by atoms with Crippen molar-refractivity contribution in [3.05, 3.63) is 35.1 Å². The van der Waals surface area contributed by atoms with Gasteiger partial charge in [-0.2, -0.15) is 0 Å². The van der Waals surface area contributed by atoms with Crippen LogP contribution in [-0.2, 0) is 4.74 Å². The normalized spacial score (nSPS) is 9.19. The van der Waals surface area contributed by atoms with Crippen LogP contribution in [0.2, 0.25) is 0 Å². The first kappa shape index (κ1) is 17.0. The van der Waals surface area contributed by atoms with Gasteiger partial charge in [0.25, 0.3) is 0 Å². The molecule has 1 aromatic rings. The summed E-state index contributed by atoms with van der Waals surface area (Å²) in [5, 5.41) is 5.38. The fourth-order valence-electron chi connectivity index (χ4n) is 0.671. The number of aryl methyl sites for hydroxylation is 1. The molecule has 0 saturated carbocycles. The second-order valence-electron chi connectivity index (χ2n) is 2.35. The summed E-state index contributed by atoms with van der Waals surface area (Å²) in [6, 6.07) is 0. The Bertz CT molecular complexity index is 352. The van der Waals surface area contributed by atoms with Crippen LogP contribution in [0.4, 0.5) is 0 Å². The molecule has 0 unspecified atom stereocenters. The van der Waals surface area contributed by atoms with Gasteiger partial charge in [-0.25, -0.2) is 4.98 Å². The van der Waals surface area contributed by atoms with Gasteiger partial charge in [0.2, 0.25) is 4.77 Å². The van der Waals surface area contributed by atoms with E-state index in [9.17, 15) is 0 Å². The maximum Gasteiger partial charge on any atom is 0.213 e. The fraction of sp³-hybridized carbons (Fsp3) is 0.455. The van der Waals surface area contributed by atoms with Crippen molar-refractivity contribution in [2.24, 2.45) is 0 Å². The number of ether oxygens (including phenoxy) is 1. The van der Waals surface area contributed by atoms with Crippen molar-refractivity contribution in [2.75, 3.05) is 7.11 Å². The monoisotopic (exact) mass is 243 g/mol. The quantitative estimate of drug-likeness (QED) is 0.474. The summed E-state index contributed by atoms with van der Waals surface area (Å²) in [7, 11) is 1.62. The molecule has 0 aromatic carbocycles. The summed E-state index contributed by atoms with van der Waals surface area (Å²) < 4.78 is 5.30. The molecule has 0 amide bonds. The fourth-order valence-corrected chi connectivity index (χ4v) is 0.859. The van der Waals surface area contributed by atoms with Crippen molar-refractivity contribution < 1.29 is 4.74 Å². The Kier molecular flexibility index (Phi) is 12.5. The van der Waals surface area contributed by atoms with Gasteiger partial charge in [0.1, 0.15) is 11.6 Å². The molecule has 0 fully saturated rings. The van der Waals surface area contributed by atoms with Crippen LogP contribution >= 0.6 is 12.2 Å². The molecule has 0 radical (unpaired) electrons. The Labute approximate surface area is 102 Å². The first-order chi connectivity index (χ1) is 7.63. The van der Waals surface area contributed by atoms with Gasteiger partial charge in [-0.1, -0.05) is 20.4 Å². The molecular formula is C11H21N3OS. The van der Waals surface area contributed by atoms with Gasteiger partial charge in [0.15, 0.2) is 0 Å². The van der Waals surface area contributed by atoms with E-state index in [0.717, 1.165) is 11.6 Å². The van der Waals surface area contributed by atoms with Gasteiger partial charge in [0, 0.05) is 0 Å². The van der Waals surface area contributed by atoms with Gasteiger partial charge in [-0.15, -0.1) is 0 Å². The van der Waals surface area contributed by atoms with E-state index in [2.05, 4.69) is 34.0 Å². The molecule has 1 aromatic heterocycles. The van der Waals surface area contributed by atoms with Crippen LogP contribution in [0.25, 0.3) is 0 Å². The Morgan fingerprint density at radius 1 is 1.44 bits per heavy atom. The summed E-state index contributed by atoms with van der Waals surface area (Å²) >= 11 is 4.63. The lowest BCUT2D eigenvalue weighted by Crippen LogP contribution is -1.76. The van der Waals surface area contributed by atoms with Crippen molar-refractivity contribution >= 4 is 12.2 Å². The Morgan fingerprint density at radius 3 is 2.06 bits per heavy atom. The third kappa shape index (κ3) is 9.21. The first-order valence-corrected chi connectivity index (χ1v) is 5.48. The number of rotatable bonds is 2. The maximum atomic E-state index is 4.79. The molecular weight excluding hydrogens is 222 g/mol. The SMILES string of the molecule is C=C/C(=C\C)OC.CC.Cc1nc(=S)[nH][nH]1. The number of H-pyrrole nitrogens is 2. The second kappa shape index (κ2) is 11.7. The molecule has 0 bridgehead atoms. The van der Waals surface area contributed by atoms with Crippen molar-refractivity contribution in [1.29, 1.82) is 0 Å². The van der Waals surface area contributed by atoms with Gasteiger partial charge in [-0.05, 0) is 38.2 Å². The van der Waals surface area contributed by atoms with E-state index in [-0.39, 0.29) is 0 Å². The van der Waals surface area contributed by atoms with Crippen LogP contribution in [0.1, 0.15) is 26.6 Å². The molecule has 1 rings (SSSR count). The molecule has 0 aliphatic heterocycles. The number of aromatic nitrogens is 3. The minimum absolute atomic E-state index is 0.512. The second-order valence-corrected chi connectivity index (χ2v) is 2.74. The highest BCUT2D eigenvalue weighted by molar-refractivity contribution is 7.71. The van der Waals surface area contributed by atoms with Crippen LogP contribution in [0, 0.1) is 11.7 Å². The predicted octanol–water partition coefficient (Wildman–Crippen LogP) is 3.52. The summed E-state index contributed by atoms with van der Waals surface area (Å²) in [6.07, 6.45) is 3.52. The van der Waals surface area contributed by atoms with Gasteiger partial charge in [0.05, 0.1) is 7.11 Å². The summed E-state index contributed by atoms with van der Waals surface area (Å²) in [5.41, 5.74) is 0. The highest BCUT2D eigenvalue weighted by atomic mass is 32.1. The number of nitrogens with one attached hydrogen (secondary N) is 2. The molecule has 0 spiro atoms. The standard InChI is InChI=1S/C6H10O.C3H5N3S.C2H6/c1-4-6(5-2)7-3;1-2-4-3(7)6-5-2;1-2/h4-5H,1H2,2-3H3;1H3,(H2,4,5,6,7);1-2H3/b6-5+;;. The molecule has 16 heavy (non-hydrogen) atoms. The van der Waals surface area contributed by atoms with Crippen molar-refractivity contribution in [2.45, 2.75) is 27.7 Å². The van der Waals surface area contributed by atoms with Crippen LogP contribution < -0.4 is 0 Å². The first-order valence-electron chi connectivity index (χ1n) is 5.08. The van der Waals surface area contributed by atoms with Crippen molar-refractivity contribution in [3.8, 4) is 0 Å². The predicted molar refractivity (Wildman–Crippen MR) is 70.8 cm³/mol. The number of hydrogen-bond acceptors (Lipinski definition) is 3. The van der Waals surface area contributed by atoms with E-state index in [0.29, 0.717) is 4.77 Å². The molecule has 0 atom stereocenters. The lowest BCUT2D eigenvalue weighted by molar-refractivity contribution is 0.306. The van der Waals surface area contributed by atoms with Gasteiger partial charge < -0.3 is 4.74 Å². The average Bonchev–Trinajstić information content (AvgIpc) is 2.69. The summed E-state index contributed by atoms with van der Waals surface area (Å²) in [5.74, 6) is 1.64. The van der Waals surface area contributed by atoms with Crippen LogP contribution in [0.15, 0.2) is 24.5 Å². The minimum atomic E-state index is 0.512. The number of aromatic amines is 2. The van der Waals surface area contributed by atoms with E-state index in [1.165, 1.54) is 0 Å². The largest absolute Gasteiger partial charge is 0.497 e.